The van der Waals surface area contributed by atoms with E-state index in [1.54, 1.807) is 13.0 Å². The van der Waals surface area contributed by atoms with Crippen molar-refractivity contribution in [2.75, 3.05) is 25.0 Å². The standard InChI is InChI=1S/C12H17ClN4O3S/c1-2-15-21(19,20)11-3-4-17(8-11)12(18)16-10-5-9(13)6-14-7-10/h5-7,11,15H,2-4,8H2,1H3,(H,16,18). The van der Waals surface area contributed by atoms with Crippen molar-refractivity contribution in [3.8, 4) is 0 Å². The van der Waals surface area contributed by atoms with Crippen LogP contribution in [0.3, 0.4) is 0 Å². The van der Waals surface area contributed by atoms with Gasteiger partial charge in [-0.05, 0) is 12.5 Å². The second-order valence-electron chi connectivity index (χ2n) is 4.72. The Balaban J connectivity index is 1.96. The molecule has 0 aliphatic carbocycles. The van der Waals surface area contributed by atoms with Gasteiger partial charge in [-0.15, -0.1) is 0 Å². The first kappa shape index (κ1) is 16.0. The molecule has 7 nitrogen and oxygen atoms in total. The fraction of sp³-hybridized carbons (Fsp3) is 0.500. The molecule has 0 bridgehead atoms. The summed E-state index contributed by atoms with van der Waals surface area (Å²) in [7, 11) is -3.36. The van der Waals surface area contributed by atoms with Gasteiger partial charge >= 0.3 is 6.03 Å². The van der Waals surface area contributed by atoms with Crippen LogP contribution in [0.15, 0.2) is 18.5 Å². The lowest BCUT2D eigenvalue weighted by atomic mass is 10.4. The molecule has 116 valence electrons. The monoisotopic (exact) mass is 332 g/mol. The molecule has 1 aliphatic rings. The van der Waals surface area contributed by atoms with Gasteiger partial charge in [-0.2, -0.15) is 0 Å². The lowest BCUT2D eigenvalue weighted by Gasteiger charge is -2.17. The molecule has 1 atom stereocenters. The largest absolute Gasteiger partial charge is 0.323 e. The minimum Gasteiger partial charge on any atom is -0.323 e. The number of aromatic nitrogens is 1. The van der Waals surface area contributed by atoms with E-state index in [1.807, 2.05) is 0 Å². The van der Waals surface area contributed by atoms with Gasteiger partial charge in [-0.3, -0.25) is 4.98 Å². The zero-order valence-corrected chi connectivity index (χ0v) is 13.1. The van der Waals surface area contributed by atoms with Gasteiger partial charge in [0.15, 0.2) is 0 Å². The molecule has 9 heteroatoms. The molecule has 1 aromatic heterocycles. The van der Waals surface area contributed by atoms with Crippen molar-refractivity contribution in [3.05, 3.63) is 23.5 Å². The lowest BCUT2D eigenvalue weighted by Crippen LogP contribution is -2.38. The maximum atomic E-state index is 12.1. The predicted molar refractivity (Wildman–Crippen MR) is 80.8 cm³/mol. The third kappa shape index (κ3) is 4.05. The number of likely N-dealkylation sites (tertiary alicyclic amines) is 1. The molecule has 2 N–H and O–H groups in total. The molecule has 21 heavy (non-hydrogen) atoms. The number of rotatable bonds is 4. The Morgan fingerprint density at radius 1 is 1.52 bits per heavy atom. The van der Waals surface area contributed by atoms with E-state index >= 15 is 0 Å². The Kier molecular flexibility index (Phi) is 5.02. The van der Waals surface area contributed by atoms with Crippen molar-refractivity contribution in [1.82, 2.24) is 14.6 Å². The second kappa shape index (κ2) is 6.59. The summed E-state index contributed by atoms with van der Waals surface area (Å²) in [6.45, 7) is 2.65. The number of hydrogen-bond acceptors (Lipinski definition) is 4. The quantitative estimate of drug-likeness (QED) is 0.869. The number of carbonyl (C=O) groups is 1. The highest BCUT2D eigenvalue weighted by molar-refractivity contribution is 7.90. The summed E-state index contributed by atoms with van der Waals surface area (Å²) in [4.78, 5) is 17.4. The molecule has 2 heterocycles. The summed E-state index contributed by atoms with van der Waals surface area (Å²) in [5.74, 6) is 0. The first-order chi connectivity index (χ1) is 9.92. The zero-order chi connectivity index (χ0) is 15.5. The molecule has 2 amide bonds. The average Bonchev–Trinajstić information content (AvgIpc) is 2.89. The van der Waals surface area contributed by atoms with Crippen LogP contribution in [-0.4, -0.2) is 49.2 Å². The minimum absolute atomic E-state index is 0.176. The van der Waals surface area contributed by atoms with Crippen molar-refractivity contribution < 1.29 is 13.2 Å². The highest BCUT2D eigenvalue weighted by Crippen LogP contribution is 2.18. The highest BCUT2D eigenvalue weighted by atomic mass is 35.5. The van der Waals surface area contributed by atoms with E-state index in [-0.39, 0.29) is 12.6 Å². The molecule has 0 aromatic carbocycles. The highest BCUT2D eigenvalue weighted by Gasteiger charge is 2.34. The fourth-order valence-corrected chi connectivity index (χ4v) is 3.77. The van der Waals surface area contributed by atoms with E-state index in [1.165, 1.54) is 17.3 Å². The number of amides is 2. The molecule has 1 aliphatic heterocycles. The normalized spacial score (nSPS) is 18.8. The summed E-state index contributed by atoms with van der Waals surface area (Å²) < 4.78 is 26.3. The van der Waals surface area contributed by atoms with Gasteiger partial charge in [0.2, 0.25) is 10.0 Å². The molecular weight excluding hydrogens is 316 g/mol. The first-order valence-corrected chi connectivity index (χ1v) is 8.49. The number of halogens is 1. The Labute approximate surface area is 128 Å². The molecule has 0 spiro atoms. The van der Waals surface area contributed by atoms with Gasteiger partial charge < -0.3 is 10.2 Å². The van der Waals surface area contributed by atoms with Gasteiger partial charge in [0.25, 0.3) is 0 Å². The molecule has 1 aromatic rings. The van der Waals surface area contributed by atoms with Crippen molar-refractivity contribution in [2.24, 2.45) is 0 Å². The maximum absolute atomic E-state index is 12.1. The van der Waals surface area contributed by atoms with Crippen LogP contribution < -0.4 is 10.0 Å². The fourth-order valence-electron chi connectivity index (χ4n) is 2.17. The second-order valence-corrected chi connectivity index (χ2v) is 7.20. The van der Waals surface area contributed by atoms with E-state index in [2.05, 4.69) is 15.0 Å². The van der Waals surface area contributed by atoms with Crippen molar-refractivity contribution in [3.63, 3.8) is 0 Å². The predicted octanol–water partition coefficient (Wildman–Crippen LogP) is 1.28. The van der Waals surface area contributed by atoms with Crippen LogP contribution in [0, 0.1) is 0 Å². The first-order valence-electron chi connectivity index (χ1n) is 6.57. The molecular formula is C12H17ClN4O3S. The Bertz CT molecular complexity index is 623. The molecule has 1 unspecified atom stereocenters. The van der Waals surface area contributed by atoms with Gasteiger partial charge in [-0.1, -0.05) is 18.5 Å². The number of nitrogens with zero attached hydrogens (tertiary/aromatic N) is 2. The van der Waals surface area contributed by atoms with Gasteiger partial charge in [0.1, 0.15) is 0 Å². The van der Waals surface area contributed by atoms with Crippen LogP contribution in [-0.2, 0) is 10.0 Å². The summed E-state index contributed by atoms with van der Waals surface area (Å²) >= 11 is 5.79. The van der Waals surface area contributed by atoms with Gasteiger partial charge in [-0.25, -0.2) is 17.9 Å². The van der Waals surface area contributed by atoms with E-state index in [9.17, 15) is 13.2 Å². The average molecular weight is 333 g/mol. The number of hydrogen-bond donors (Lipinski definition) is 2. The van der Waals surface area contributed by atoms with E-state index in [4.69, 9.17) is 11.6 Å². The minimum atomic E-state index is -3.36. The number of sulfonamides is 1. The Morgan fingerprint density at radius 2 is 2.29 bits per heavy atom. The summed E-state index contributed by atoms with van der Waals surface area (Å²) in [5.41, 5.74) is 0.477. The number of urea groups is 1. The molecule has 0 radical (unpaired) electrons. The van der Waals surface area contributed by atoms with Crippen LogP contribution in [0.5, 0.6) is 0 Å². The Hall–Kier alpha value is -1.38. The van der Waals surface area contributed by atoms with Crippen LogP contribution in [0.4, 0.5) is 10.5 Å². The van der Waals surface area contributed by atoms with Crippen LogP contribution in [0.25, 0.3) is 0 Å². The van der Waals surface area contributed by atoms with E-state index < -0.39 is 15.3 Å². The number of pyridine rings is 1. The zero-order valence-electron chi connectivity index (χ0n) is 11.5. The van der Waals surface area contributed by atoms with Crippen molar-refractivity contribution in [2.45, 2.75) is 18.6 Å². The topological polar surface area (TPSA) is 91.4 Å². The number of nitrogens with one attached hydrogen (secondary N) is 2. The Morgan fingerprint density at radius 3 is 2.95 bits per heavy atom. The summed E-state index contributed by atoms with van der Waals surface area (Å²) in [5, 5.41) is 2.50. The van der Waals surface area contributed by atoms with E-state index in [0.717, 1.165) is 0 Å². The third-order valence-electron chi connectivity index (χ3n) is 3.17. The van der Waals surface area contributed by atoms with Crippen molar-refractivity contribution in [1.29, 1.82) is 0 Å². The summed E-state index contributed by atoms with van der Waals surface area (Å²) in [6.07, 6.45) is 3.37. The van der Waals surface area contributed by atoms with Gasteiger partial charge in [0, 0.05) is 25.8 Å². The number of anilines is 1. The molecule has 1 fully saturated rings. The smallest absolute Gasteiger partial charge is 0.321 e. The lowest BCUT2D eigenvalue weighted by molar-refractivity contribution is 0.222. The third-order valence-corrected chi connectivity index (χ3v) is 5.33. The van der Waals surface area contributed by atoms with Crippen molar-refractivity contribution >= 4 is 33.3 Å². The van der Waals surface area contributed by atoms with E-state index in [0.29, 0.717) is 30.2 Å². The molecule has 0 saturated carbocycles. The van der Waals surface area contributed by atoms with Gasteiger partial charge in [0.05, 0.1) is 22.2 Å². The molecule has 1 saturated heterocycles. The number of carbonyl (C=O) groups excluding carboxylic acids is 1. The molecule has 2 rings (SSSR count). The maximum Gasteiger partial charge on any atom is 0.321 e. The van der Waals surface area contributed by atoms with Crippen LogP contribution in [0.2, 0.25) is 5.02 Å². The van der Waals surface area contributed by atoms with Crippen LogP contribution >= 0.6 is 11.6 Å². The van der Waals surface area contributed by atoms with Crippen LogP contribution in [0.1, 0.15) is 13.3 Å². The summed E-state index contributed by atoms with van der Waals surface area (Å²) in [6, 6.07) is 1.23. The SMILES string of the molecule is CCNS(=O)(=O)C1CCN(C(=O)Nc2cncc(Cl)c2)C1.